The third-order valence-corrected chi connectivity index (χ3v) is 3.03. The smallest absolute Gasteiger partial charge is 0.0781 e. The summed E-state index contributed by atoms with van der Waals surface area (Å²) in [5, 5.41) is 4.37. The minimum absolute atomic E-state index is 0. The van der Waals surface area contributed by atoms with Crippen LogP contribution in [0.4, 0.5) is 0 Å². The second-order valence-corrected chi connectivity index (χ2v) is 4.49. The summed E-state index contributed by atoms with van der Waals surface area (Å²) >= 11 is 0. The van der Waals surface area contributed by atoms with E-state index in [0.717, 1.165) is 16.9 Å². The molecule has 2 aromatic carbocycles. The van der Waals surface area contributed by atoms with Crippen molar-refractivity contribution in [2.75, 3.05) is 0 Å². The van der Waals surface area contributed by atoms with E-state index in [1.807, 2.05) is 102 Å². The number of rotatable bonds is 3. The number of benzene rings is 2. The molecule has 0 fully saturated rings. The summed E-state index contributed by atoms with van der Waals surface area (Å²) in [5.74, 6) is -0.0862. The summed E-state index contributed by atoms with van der Waals surface area (Å²) in [4.78, 5) is 11.6. The van der Waals surface area contributed by atoms with Gasteiger partial charge < -0.3 is 12.2 Å². The number of ketones is 1. The Labute approximate surface area is 215 Å². The van der Waals surface area contributed by atoms with E-state index in [9.17, 15) is 4.79 Å². The van der Waals surface area contributed by atoms with Gasteiger partial charge in [0.05, 0.1) is 11.5 Å². The third kappa shape index (κ3) is 11.1. The minimum Gasteiger partial charge on any atom is -0.368 e. The van der Waals surface area contributed by atoms with Crippen LogP contribution in [-0.4, -0.2) is 15.6 Å². The predicted molar refractivity (Wildman–Crippen MR) is 118 cm³/mol. The Morgan fingerprint density at radius 2 is 1.24 bits per heavy atom. The van der Waals surface area contributed by atoms with E-state index in [4.69, 9.17) is 0 Å². The molecule has 0 saturated carbocycles. The number of para-hydroxylation sites is 1. The molecular weight excluding hydrogens is 472 g/mol. The number of carbonyl (C=O) groups excluding carboxylic acids is 1. The topological polar surface area (TPSA) is 34.9 Å². The summed E-state index contributed by atoms with van der Waals surface area (Å²) < 4.78 is 1.76. The molecule has 3 aromatic rings. The Balaban J connectivity index is -0.000000319. The molecule has 29 heavy (non-hydrogen) atoms. The van der Waals surface area contributed by atoms with Gasteiger partial charge in [0.25, 0.3) is 0 Å². The normalized spacial score (nSPS) is 7.83. The van der Waals surface area contributed by atoms with Crippen LogP contribution in [0, 0.1) is 13.5 Å². The molecular formula is C24H34N2OVY-2. The van der Waals surface area contributed by atoms with Gasteiger partial charge in [-0.25, -0.2) is 0 Å². The van der Waals surface area contributed by atoms with E-state index in [0.29, 0.717) is 5.69 Å². The van der Waals surface area contributed by atoms with Crippen molar-refractivity contribution >= 4 is 5.78 Å². The molecule has 3 rings (SSSR count). The van der Waals surface area contributed by atoms with E-state index in [-0.39, 0.29) is 64.5 Å². The number of hydrogen-bond donors (Lipinski definition) is 0. The quantitative estimate of drug-likeness (QED) is 0.282. The van der Waals surface area contributed by atoms with Crippen LogP contribution in [0.3, 0.4) is 0 Å². The molecule has 0 amide bonds. The van der Waals surface area contributed by atoms with Gasteiger partial charge in [0.1, 0.15) is 0 Å². The fourth-order valence-corrected chi connectivity index (χ4v) is 2.05. The van der Waals surface area contributed by atoms with Gasteiger partial charge >= 0.3 is 0 Å². The van der Waals surface area contributed by atoms with E-state index in [1.165, 1.54) is 6.92 Å². The Hall–Kier alpha value is -0.992. The first-order valence-electron chi connectivity index (χ1n) is 9.40. The maximum Gasteiger partial charge on any atom is 0.0781 e. The minimum atomic E-state index is -0.0862. The molecule has 0 aliphatic rings. The monoisotopic (exact) mass is 506 g/mol. The molecule has 0 atom stereocenters. The van der Waals surface area contributed by atoms with E-state index >= 15 is 0 Å². The van der Waals surface area contributed by atoms with Crippen molar-refractivity contribution in [1.82, 2.24) is 9.78 Å². The molecule has 3 nitrogen and oxygen atoms in total. The molecule has 0 N–H and O–H groups in total. The van der Waals surface area contributed by atoms with E-state index in [2.05, 4.69) is 11.2 Å². The molecule has 0 saturated heterocycles. The molecule has 1 heterocycles. The maximum absolute atomic E-state index is 11.6. The van der Waals surface area contributed by atoms with E-state index < -0.39 is 0 Å². The van der Waals surface area contributed by atoms with Gasteiger partial charge in [0.15, 0.2) is 0 Å². The predicted octanol–water partition coefficient (Wildman–Crippen LogP) is 7.07. The van der Waals surface area contributed by atoms with Gasteiger partial charge in [-0.1, -0.05) is 83.5 Å². The zero-order chi connectivity index (χ0) is 19.9. The molecule has 0 aliphatic heterocycles. The van der Waals surface area contributed by atoms with Gasteiger partial charge in [-0.15, -0.1) is 18.2 Å². The standard InChI is InChI=1S/C17H13N2O.3C2H6.CH3.V.Y/c1-13(20)16-12-17(14-8-4-2-5-9-14)19(18-16)15-10-6-3-7-11-15;3*1-2;;;/h2-11H,1H3;3*1-2H3;1H3;;/q-1;;;;-1;;. The van der Waals surface area contributed by atoms with Gasteiger partial charge in [-0.2, -0.15) is 5.10 Å². The summed E-state index contributed by atoms with van der Waals surface area (Å²) in [7, 11) is 0. The first-order chi connectivity index (χ1) is 12.8. The first kappa shape index (κ1) is 35.4. The van der Waals surface area contributed by atoms with Crippen LogP contribution in [0.2, 0.25) is 0 Å². The second kappa shape index (κ2) is 21.7. The number of carbonyl (C=O) groups is 1. The molecule has 0 spiro atoms. The molecule has 156 valence electrons. The Morgan fingerprint density at radius 1 is 0.828 bits per heavy atom. The second-order valence-electron chi connectivity index (χ2n) is 4.49. The zero-order valence-electron chi connectivity index (χ0n) is 19.1. The summed E-state index contributed by atoms with van der Waals surface area (Å²) in [6, 6.07) is 22.7. The SMILES string of the molecule is CC.CC.CC.CC(=O)c1[c-]c(-c2ccccc2)n(-c2ccccc2)n1.[CH3-].[V].[Y]. The molecule has 2 radical (unpaired) electrons. The Morgan fingerprint density at radius 3 is 1.66 bits per heavy atom. The van der Waals surface area contributed by atoms with Crippen LogP contribution in [0.5, 0.6) is 0 Å². The Bertz CT molecular complexity index is 687. The van der Waals surface area contributed by atoms with Gasteiger partial charge in [-0.3, -0.25) is 4.68 Å². The molecule has 1 aromatic heterocycles. The zero-order valence-corrected chi connectivity index (χ0v) is 23.3. The number of Topliss-reactive ketones (excluding diaryl/α,β-unsaturated/α-hetero) is 1. The van der Waals surface area contributed by atoms with Crippen molar-refractivity contribution in [2.24, 2.45) is 0 Å². The molecule has 0 aliphatic carbocycles. The van der Waals surface area contributed by atoms with Crippen molar-refractivity contribution in [2.45, 2.75) is 48.5 Å². The summed E-state index contributed by atoms with van der Waals surface area (Å²) in [6.45, 7) is 13.5. The number of aromatic nitrogens is 2. The average Bonchev–Trinajstić information content (AvgIpc) is 3.20. The van der Waals surface area contributed by atoms with E-state index in [1.54, 1.807) is 4.68 Å². The van der Waals surface area contributed by atoms with Crippen LogP contribution < -0.4 is 0 Å². The molecule has 0 bridgehead atoms. The van der Waals surface area contributed by atoms with Crippen LogP contribution in [0.15, 0.2) is 60.7 Å². The first-order valence-corrected chi connectivity index (χ1v) is 9.40. The van der Waals surface area contributed by atoms with Crippen LogP contribution >= 0.6 is 0 Å². The maximum atomic E-state index is 11.6. The average molecular weight is 506 g/mol. The number of hydrogen-bond acceptors (Lipinski definition) is 2. The van der Waals surface area contributed by atoms with Crippen molar-refractivity contribution in [3.8, 4) is 16.9 Å². The van der Waals surface area contributed by atoms with Crippen molar-refractivity contribution in [3.05, 3.63) is 79.9 Å². The van der Waals surface area contributed by atoms with Crippen molar-refractivity contribution < 1.29 is 56.1 Å². The molecule has 5 heteroatoms. The summed E-state index contributed by atoms with van der Waals surface area (Å²) in [6.07, 6.45) is 0. The summed E-state index contributed by atoms with van der Waals surface area (Å²) in [5.41, 5.74) is 3.04. The van der Waals surface area contributed by atoms with Gasteiger partial charge in [0, 0.05) is 57.0 Å². The fraction of sp³-hybridized carbons (Fsp3) is 0.292. The third-order valence-electron chi connectivity index (χ3n) is 3.03. The van der Waals surface area contributed by atoms with Gasteiger partial charge in [0.2, 0.25) is 0 Å². The van der Waals surface area contributed by atoms with Crippen molar-refractivity contribution in [1.29, 1.82) is 0 Å². The fourth-order valence-electron chi connectivity index (χ4n) is 2.05. The largest absolute Gasteiger partial charge is 0.368 e. The van der Waals surface area contributed by atoms with Crippen LogP contribution in [0.25, 0.3) is 16.9 Å². The Kier molecular flexibility index (Phi) is 26.5. The van der Waals surface area contributed by atoms with Crippen molar-refractivity contribution in [3.63, 3.8) is 0 Å². The number of nitrogens with zero attached hydrogens (tertiary/aromatic N) is 2. The van der Waals surface area contributed by atoms with Gasteiger partial charge in [-0.05, 0) is 24.8 Å². The van der Waals surface area contributed by atoms with Crippen LogP contribution in [0.1, 0.15) is 59.0 Å². The molecule has 0 unspecified atom stereocenters. The van der Waals surface area contributed by atoms with Crippen LogP contribution in [-0.2, 0) is 51.3 Å².